The van der Waals surface area contributed by atoms with Gasteiger partial charge in [-0.15, -0.1) is 0 Å². The lowest BCUT2D eigenvalue weighted by atomic mass is 10.2. The predicted molar refractivity (Wildman–Crippen MR) is 126 cm³/mol. The van der Waals surface area contributed by atoms with Crippen LogP contribution < -0.4 is 14.2 Å². The highest BCUT2D eigenvalue weighted by Gasteiger charge is 2.20. The molecule has 0 amide bonds. The Bertz CT molecular complexity index is 1230. The molecule has 1 aromatic heterocycles. The Labute approximate surface area is 193 Å². The molecule has 0 radical (unpaired) electrons. The van der Waals surface area contributed by atoms with Gasteiger partial charge in [0.1, 0.15) is 17.1 Å². The van der Waals surface area contributed by atoms with Crippen molar-refractivity contribution in [1.29, 1.82) is 0 Å². The highest BCUT2D eigenvalue weighted by molar-refractivity contribution is 7.92. The molecule has 0 saturated carbocycles. The molecule has 0 fully saturated rings. The summed E-state index contributed by atoms with van der Waals surface area (Å²) >= 11 is 11.3. The third-order valence-corrected chi connectivity index (χ3v) is 6.23. The van der Waals surface area contributed by atoms with Gasteiger partial charge in [-0.1, -0.05) is 47.5 Å². The quantitative estimate of drug-likeness (QED) is 0.313. The van der Waals surface area contributed by atoms with Crippen molar-refractivity contribution in [3.63, 3.8) is 0 Å². The number of hydrogen-bond acceptors (Lipinski definition) is 5. The fraction of sp³-hybridized carbons (Fsp3) is 0.0870. The molecule has 0 aliphatic carbocycles. The van der Waals surface area contributed by atoms with Crippen molar-refractivity contribution in [1.82, 2.24) is 4.98 Å². The number of nitrogens with one attached hydrogen (secondary N) is 1. The number of para-hydroxylation sites is 1. The van der Waals surface area contributed by atoms with Crippen LogP contribution in [-0.4, -0.2) is 16.6 Å². The van der Waals surface area contributed by atoms with E-state index in [1.165, 1.54) is 7.11 Å². The summed E-state index contributed by atoms with van der Waals surface area (Å²) in [6, 6.07) is 18.2. The molecule has 0 aliphatic rings. The number of ether oxygens (including phenoxy) is 2. The Kier molecular flexibility index (Phi) is 6.43. The number of methoxy groups -OCH3 is 1. The Morgan fingerprint density at radius 2 is 1.74 bits per heavy atom. The molecule has 0 bridgehead atoms. The molecule has 0 spiro atoms. The van der Waals surface area contributed by atoms with E-state index in [0.717, 1.165) is 16.5 Å². The first-order valence-electron chi connectivity index (χ1n) is 9.29. The maximum atomic E-state index is 12.8. The molecule has 5 nitrogen and oxygen atoms in total. The number of hydrogen-bond donors (Lipinski definition) is 1. The number of benzene rings is 3. The number of anilines is 1. The van der Waals surface area contributed by atoms with Crippen molar-refractivity contribution in [3.05, 3.63) is 82.5 Å². The number of rotatable bonds is 6. The van der Waals surface area contributed by atoms with Crippen LogP contribution in [0.5, 0.6) is 17.2 Å². The largest absolute Gasteiger partial charge is 0.588 e. The van der Waals surface area contributed by atoms with Gasteiger partial charge in [0.05, 0.1) is 34.6 Å². The molecular weight excluding hydrogens is 455 g/mol. The SMILES string of the molecule is COc1cc(C)ccc1[S+]([O-])Nc1cc(Cl)c(Oc2cnc3ccccc3c2)c(Cl)c1. The van der Waals surface area contributed by atoms with E-state index in [2.05, 4.69) is 9.71 Å². The first-order valence-corrected chi connectivity index (χ1v) is 11.2. The summed E-state index contributed by atoms with van der Waals surface area (Å²) < 4.78 is 27.0. The van der Waals surface area contributed by atoms with Crippen LogP contribution in [0, 0.1) is 6.92 Å². The van der Waals surface area contributed by atoms with Crippen LogP contribution in [0.1, 0.15) is 5.56 Å². The lowest BCUT2D eigenvalue weighted by Crippen LogP contribution is -2.14. The highest BCUT2D eigenvalue weighted by atomic mass is 35.5. The molecule has 1 heterocycles. The van der Waals surface area contributed by atoms with Gasteiger partial charge < -0.3 is 14.0 Å². The van der Waals surface area contributed by atoms with Crippen molar-refractivity contribution in [2.24, 2.45) is 0 Å². The molecular formula is C23H18Cl2N2O3S. The molecule has 8 heteroatoms. The van der Waals surface area contributed by atoms with E-state index in [-0.39, 0.29) is 10.0 Å². The van der Waals surface area contributed by atoms with Crippen LogP contribution in [0.4, 0.5) is 5.69 Å². The van der Waals surface area contributed by atoms with E-state index in [0.29, 0.717) is 27.8 Å². The number of halogens is 2. The molecule has 1 N–H and O–H groups in total. The summed E-state index contributed by atoms with van der Waals surface area (Å²) in [5.74, 6) is 1.34. The number of nitrogens with zero attached hydrogens (tertiary/aromatic N) is 1. The third kappa shape index (κ3) is 4.83. The zero-order chi connectivity index (χ0) is 22.0. The molecule has 1 unspecified atom stereocenters. The zero-order valence-electron chi connectivity index (χ0n) is 16.7. The number of pyridine rings is 1. The van der Waals surface area contributed by atoms with Crippen LogP contribution in [0.3, 0.4) is 0 Å². The number of fused-ring (bicyclic) bond motifs is 1. The van der Waals surface area contributed by atoms with Gasteiger partial charge >= 0.3 is 0 Å². The monoisotopic (exact) mass is 472 g/mol. The smallest absolute Gasteiger partial charge is 0.221 e. The average molecular weight is 473 g/mol. The standard InChI is InChI=1S/C23H18Cl2N2O3S/c1-14-7-8-22(21(9-14)29-2)31(28)27-16-11-18(24)23(19(25)12-16)30-17-10-15-5-3-4-6-20(15)26-13-17/h3-13,27H,1-2H3. The van der Waals surface area contributed by atoms with Gasteiger partial charge in [-0.25, -0.2) is 4.72 Å². The second-order valence-corrected chi connectivity index (χ2v) is 8.76. The minimum atomic E-state index is -1.57. The van der Waals surface area contributed by atoms with Crippen molar-refractivity contribution in [2.45, 2.75) is 11.8 Å². The van der Waals surface area contributed by atoms with Crippen molar-refractivity contribution in [3.8, 4) is 17.2 Å². The van der Waals surface area contributed by atoms with Crippen molar-refractivity contribution < 1.29 is 14.0 Å². The summed E-state index contributed by atoms with van der Waals surface area (Å²) in [7, 11) is 1.54. The second kappa shape index (κ2) is 9.24. The Hall–Kier alpha value is -2.64. The van der Waals surface area contributed by atoms with Crippen LogP contribution in [0.2, 0.25) is 10.0 Å². The Morgan fingerprint density at radius 1 is 1.00 bits per heavy atom. The van der Waals surface area contributed by atoms with Gasteiger partial charge in [-0.05, 0) is 48.9 Å². The van der Waals surface area contributed by atoms with Gasteiger partial charge in [0, 0.05) is 5.39 Å². The lowest BCUT2D eigenvalue weighted by Gasteiger charge is -2.16. The molecule has 3 aromatic carbocycles. The van der Waals surface area contributed by atoms with Crippen molar-refractivity contribution in [2.75, 3.05) is 11.8 Å². The van der Waals surface area contributed by atoms with Crippen LogP contribution in [0.15, 0.2) is 71.8 Å². The summed E-state index contributed by atoms with van der Waals surface area (Å²) in [5, 5.41) is 1.49. The summed E-state index contributed by atoms with van der Waals surface area (Å²) in [6.45, 7) is 1.94. The summed E-state index contributed by atoms with van der Waals surface area (Å²) in [6.07, 6.45) is 1.61. The Balaban J connectivity index is 1.56. The molecule has 31 heavy (non-hydrogen) atoms. The fourth-order valence-corrected chi connectivity index (χ4v) is 4.55. The van der Waals surface area contributed by atoms with Crippen LogP contribution in [-0.2, 0) is 11.4 Å². The molecule has 158 valence electrons. The van der Waals surface area contributed by atoms with Gasteiger partial charge in [-0.3, -0.25) is 4.98 Å². The number of aryl methyl sites for hydroxylation is 1. The maximum absolute atomic E-state index is 12.8. The lowest BCUT2D eigenvalue weighted by molar-refractivity contribution is 0.402. The summed E-state index contributed by atoms with van der Waals surface area (Å²) in [5.41, 5.74) is 2.36. The molecule has 4 rings (SSSR count). The van der Waals surface area contributed by atoms with Gasteiger partial charge in [0.2, 0.25) is 4.90 Å². The summed E-state index contributed by atoms with van der Waals surface area (Å²) in [4.78, 5) is 4.89. The van der Waals surface area contributed by atoms with Crippen LogP contribution >= 0.6 is 23.2 Å². The highest BCUT2D eigenvalue weighted by Crippen LogP contribution is 2.40. The minimum Gasteiger partial charge on any atom is -0.588 e. The van der Waals surface area contributed by atoms with Gasteiger partial charge in [0.25, 0.3) is 0 Å². The number of aromatic nitrogens is 1. The molecule has 0 saturated heterocycles. The minimum absolute atomic E-state index is 0.274. The third-order valence-electron chi connectivity index (χ3n) is 4.51. The topological polar surface area (TPSA) is 66.4 Å². The first-order chi connectivity index (χ1) is 14.9. The second-order valence-electron chi connectivity index (χ2n) is 6.76. The van der Waals surface area contributed by atoms with Gasteiger partial charge in [-0.2, -0.15) is 0 Å². The first kappa shape index (κ1) is 21.6. The van der Waals surface area contributed by atoms with E-state index in [1.807, 2.05) is 49.4 Å². The fourth-order valence-electron chi connectivity index (χ4n) is 3.03. The normalized spacial score (nSPS) is 11.9. The van der Waals surface area contributed by atoms with E-state index in [1.54, 1.807) is 24.4 Å². The van der Waals surface area contributed by atoms with Crippen molar-refractivity contribution >= 4 is 51.2 Å². The van der Waals surface area contributed by atoms with E-state index >= 15 is 0 Å². The van der Waals surface area contributed by atoms with E-state index in [4.69, 9.17) is 32.7 Å². The van der Waals surface area contributed by atoms with Gasteiger partial charge in [0.15, 0.2) is 11.5 Å². The molecule has 4 aromatic rings. The van der Waals surface area contributed by atoms with E-state index < -0.39 is 11.4 Å². The van der Waals surface area contributed by atoms with Crippen LogP contribution in [0.25, 0.3) is 10.9 Å². The predicted octanol–water partition coefficient (Wildman–Crippen LogP) is 6.79. The average Bonchev–Trinajstić information content (AvgIpc) is 2.76. The molecule has 0 aliphatic heterocycles. The Morgan fingerprint density at radius 3 is 2.48 bits per heavy atom. The maximum Gasteiger partial charge on any atom is 0.221 e. The molecule has 1 atom stereocenters. The zero-order valence-corrected chi connectivity index (χ0v) is 19.0. The van der Waals surface area contributed by atoms with E-state index in [9.17, 15) is 4.55 Å².